The van der Waals surface area contributed by atoms with Gasteiger partial charge in [0.25, 0.3) is 0 Å². The van der Waals surface area contributed by atoms with Crippen LogP contribution in [0.4, 0.5) is 11.5 Å². The van der Waals surface area contributed by atoms with Gasteiger partial charge in [-0.15, -0.1) is 0 Å². The van der Waals surface area contributed by atoms with Gasteiger partial charge in [-0.2, -0.15) is 5.10 Å². The molecular weight excluding hydrogens is 218 g/mol. The molecule has 0 spiro atoms. The van der Waals surface area contributed by atoms with E-state index in [9.17, 15) is 4.79 Å². The Balaban J connectivity index is 2.80. The van der Waals surface area contributed by atoms with Crippen LogP contribution in [0.1, 0.15) is 19.0 Å². The SMILES string of the molecule is CCn1nc(C)c(N)c1N(C)CCC(=O)NC. The van der Waals surface area contributed by atoms with Crippen LogP contribution >= 0.6 is 0 Å². The molecule has 0 aliphatic carbocycles. The maximum absolute atomic E-state index is 11.2. The minimum absolute atomic E-state index is 0.0229. The molecule has 1 heterocycles. The second kappa shape index (κ2) is 5.56. The molecule has 0 aliphatic rings. The first-order valence-corrected chi connectivity index (χ1v) is 5.75. The van der Waals surface area contributed by atoms with E-state index in [1.54, 1.807) is 7.05 Å². The van der Waals surface area contributed by atoms with Gasteiger partial charge in [-0.3, -0.25) is 4.79 Å². The van der Waals surface area contributed by atoms with Crippen molar-refractivity contribution in [2.45, 2.75) is 26.8 Å². The molecule has 0 unspecified atom stereocenters. The van der Waals surface area contributed by atoms with Crippen LogP contribution in [0.3, 0.4) is 0 Å². The lowest BCUT2D eigenvalue weighted by Crippen LogP contribution is -2.28. The lowest BCUT2D eigenvalue weighted by Gasteiger charge is -2.20. The zero-order valence-corrected chi connectivity index (χ0v) is 10.9. The first-order valence-electron chi connectivity index (χ1n) is 5.75. The van der Waals surface area contributed by atoms with Crippen LogP contribution < -0.4 is 16.0 Å². The number of hydrogen-bond donors (Lipinski definition) is 2. The Morgan fingerprint density at radius 2 is 2.24 bits per heavy atom. The van der Waals surface area contributed by atoms with E-state index in [1.165, 1.54) is 0 Å². The second-order valence-corrected chi connectivity index (χ2v) is 3.98. The average molecular weight is 239 g/mol. The number of hydrogen-bond acceptors (Lipinski definition) is 4. The van der Waals surface area contributed by atoms with Crippen LogP contribution in [0.5, 0.6) is 0 Å². The lowest BCUT2D eigenvalue weighted by molar-refractivity contribution is -0.120. The normalized spacial score (nSPS) is 10.4. The molecule has 1 aromatic heterocycles. The van der Waals surface area contributed by atoms with Gasteiger partial charge in [-0.1, -0.05) is 0 Å². The predicted octanol–water partition coefficient (Wildman–Crippen LogP) is 0.366. The number of carbonyl (C=O) groups is 1. The lowest BCUT2D eigenvalue weighted by atomic mass is 10.3. The van der Waals surface area contributed by atoms with Crippen LogP contribution in [-0.4, -0.2) is 36.3 Å². The van der Waals surface area contributed by atoms with Crippen LogP contribution in [0, 0.1) is 6.92 Å². The van der Waals surface area contributed by atoms with E-state index in [-0.39, 0.29) is 5.91 Å². The summed E-state index contributed by atoms with van der Waals surface area (Å²) < 4.78 is 1.86. The third-order valence-corrected chi connectivity index (χ3v) is 2.76. The van der Waals surface area contributed by atoms with Crippen molar-refractivity contribution < 1.29 is 4.79 Å². The number of aryl methyl sites for hydroxylation is 2. The van der Waals surface area contributed by atoms with Gasteiger partial charge < -0.3 is 16.0 Å². The molecule has 0 fully saturated rings. The molecule has 1 aromatic rings. The summed E-state index contributed by atoms with van der Waals surface area (Å²) in [7, 11) is 3.55. The number of rotatable bonds is 5. The van der Waals surface area contributed by atoms with Crippen molar-refractivity contribution >= 4 is 17.4 Å². The average Bonchev–Trinajstić information content (AvgIpc) is 2.61. The van der Waals surface area contributed by atoms with Crippen LogP contribution in [0.2, 0.25) is 0 Å². The van der Waals surface area contributed by atoms with E-state index < -0.39 is 0 Å². The first-order chi connectivity index (χ1) is 8.01. The fraction of sp³-hybridized carbons (Fsp3) is 0.636. The first kappa shape index (κ1) is 13.3. The Morgan fingerprint density at radius 3 is 2.76 bits per heavy atom. The standard InChI is InChI=1S/C11H21N5O/c1-5-16-11(10(12)8(2)14-16)15(4)7-6-9(17)13-3/h5-7,12H2,1-4H3,(H,13,17). The van der Waals surface area contributed by atoms with Crippen molar-refractivity contribution in [1.82, 2.24) is 15.1 Å². The van der Waals surface area contributed by atoms with Crippen molar-refractivity contribution in [3.8, 4) is 0 Å². The molecule has 0 bridgehead atoms. The number of nitrogens with one attached hydrogen (secondary N) is 1. The molecule has 6 nitrogen and oxygen atoms in total. The Labute approximate surface area is 102 Å². The van der Waals surface area contributed by atoms with E-state index in [4.69, 9.17) is 5.73 Å². The molecule has 0 radical (unpaired) electrons. The Bertz CT molecular complexity index is 399. The van der Waals surface area contributed by atoms with Crippen molar-refractivity contribution in [2.24, 2.45) is 0 Å². The van der Waals surface area contributed by atoms with Gasteiger partial charge in [0, 0.05) is 33.6 Å². The van der Waals surface area contributed by atoms with Crippen LogP contribution in [0.15, 0.2) is 0 Å². The van der Waals surface area contributed by atoms with Gasteiger partial charge in [0.15, 0.2) is 0 Å². The number of amides is 1. The van der Waals surface area contributed by atoms with E-state index in [0.717, 1.165) is 18.1 Å². The van der Waals surface area contributed by atoms with Gasteiger partial charge in [0.1, 0.15) is 5.82 Å². The predicted molar refractivity (Wildman–Crippen MR) is 69.0 cm³/mol. The number of nitrogens with zero attached hydrogens (tertiary/aromatic N) is 3. The topological polar surface area (TPSA) is 76.2 Å². The highest BCUT2D eigenvalue weighted by molar-refractivity contribution is 5.76. The molecule has 1 amide bonds. The fourth-order valence-electron chi connectivity index (χ4n) is 1.71. The quantitative estimate of drug-likeness (QED) is 0.778. The minimum atomic E-state index is 0.0229. The van der Waals surface area contributed by atoms with Crippen molar-refractivity contribution in [2.75, 3.05) is 31.3 Å². The Hall–Kier alpha value is -1.72. The summed E-state index contributed by atoms with van der Waals surface area (Å²) >= 11 is 0. The highest BCUT2D eigenvalue weighted by atomic mass is 16.1. The zero-order chi connectivity index (χ0) is 13.0. The molecular formula is C11H21N5O. The highest BCUT2D eigenvalue weighted by Crippen LogP contribution is 2.25. The summed E-state index contributed by atoms with van der Waals surface area (Å²) in [4.78, 5) is 13.2. The van der Waals surface area contributed by atoms with Gasteiger partial charge in [0.2, 0.25) is 5.91 Å². The molecule has 0 aromatic carbocycles. The molecule has 17 heavy (non-hydrogen) atoms. The van der Waals surface area contributed by atoms with E-state index in [2.05, 4.69) is 10.4 Å². The molecule has 0 saturated carbocycles. The second-order valence-electron chi connectivity index (χ2n) is 3.98. The summed E-state index contributed by atoms with van der Waals surface area (Å²) in [5, 5.41) is 6.95. The molecule has 3 N–H and O–H groups in total. The summed E-state index contributed by atoms with van der Waals surface area (Å²) in [5.41, 5.74) is 7.51. The van der Waals surface area contributed by atoms with Crippen LogP contribution in [-0.2, 0) is 11.3 Å². The maximum atomic E-state index is 11.2. The fourth-order valence-corrected chi connectivity index (χ4v) is 1.71. The molecule has 0 aliphatic heterocycles. The number of carbonyl (C=O) groups excluding carboxylic acids is 1. The van der Waals surface area contributed by atoms with E-state index in [1.807, 2.05) is 30.5 Å². The summed E-state index contributed by atoms with van der Waals surface area (Å²) in [5.74, 6) is 0.906. The van der Waals surface area contributed by atoms with Gasteiger partial charge in [-0.05, 0) is 13.8 Å². The third-order valence-electron chi connectivity index (χ3n) is 2.76. The van der Waals surface area contributed by atoms with E-state index >= 15 is 0 Å². The monoisotopic (exact) mass is 239 g/mol. The summed E-state index contributed by atoms with van der Waals surface area (Å²) in [6.07, 6.45) is 0.445. The largest absolute Gasteiger partial charge is 0.394 e. The smallest absolute Gasteiger partial charge is 0.221 e. The molecule has 96 valence electrons. The van der Waals surface area contributed by atoms with Crippen molar-refractivity contribution in [3.63, 3.8) is 0 Å². The molecule has 6 heteroatoms. The Kier molecular flexibility index (Phi) is 4.37. The number of nitrogen functional groups attached to an aromatic ring is 1. The van der Waals surface area contributed by atoms with Crippen LogP contribution in [0.25, 0.3) is 0 Å². The zero-order valence-electron chi connectivity index (χ0n) is 10.9. The Morgan fingerprint density at radius 1 is 1.59 bits per heavy atom. The van der Waals surface area contributed by atoms with E-state index in [0.29, 0.717) is 18.7 Å². The highest BCUT2D eigenvalue weighted by Gasteiger charge is 2.15. The van der Waals surface area contributed by atoms with Gasteiger partial charge in [0.05, 0.1) is 11.4 Å². The number of aromatic nitrogens is 2. The number of nitrogens with two attached hydrogens (primary N) is 1. The maximum Gasteiger partial charge on any atom is 0.221 e. The summed E-state index contributed by atoms with van der Waals surface area (Å²) in [6, 6.07) is 0. The minimum Gasteiger partial charge on any atom is -0.394 e. The van der Waals surface area contributed by atoms with Gasteiger partial charge >= 0.3 is 0 Å². The molecule has 0 atom stereocenters. The number of anilines is 2. The molecule has 1 rings (SSSR count). The summed E-state index contributed by atoms with van der Waals surface area (Å²) in [6.45, 7) is 5.28. The molecule has 0 saturated heterocycles. The van der Waals surface area contributed by atoms with Crippen molar-refractivity contribution in [3.05, 3.63) is 5.69 Å². The van der Waals surface area contributed by atoms with Gasteiger partial charge in [-0.25, -0.2) is 4.68 Å². The van der Waals surface area contributed by atoms with Crippen molar-refractivity contribution in [1.29, 1.82) is 0 Å². The third kappa shape index (κ3) is 2.89.